The van der Waals surface area contributed by atoms with Crippen molar-refractivity contribution in [1.82, 2.24) is 4.90 Å². The summed E-state index contributed by atoms with van der Waals surface area (Å²) in [5, 5.41) is 0. The van der Waals surface area contributed by atoms with E-state index >= 15 is 0 Å². The van der Waals surface area contributed by atoms with Gasteiger partial charge in [0.1, 0.15) is 18.1 Å². The zero-order valence-electron chi connectivity index (χ0n) is 15.4. The number of ether oxygens (including phenoxy) is 3. The molecule has 1 amide bonds. The van der Waals surface area contributed by atoms with Gasteiger partial charge in [-0.05, 0) is 42.7 Å². The van der Waals surface area contributed by atoms with Gasteiger partial charge in [0.2, 0.25) is 0 Å². The van der Waals surface area contributed by atoms with Gasteiger partial charge in [-0.2, -0.15) is 0 Å². The lowest BCUT2D eigenvalue weighted by atomic mass is 9.87. The molecule has 142 valence electrons. The Morgan fingerprint density at radius 2 is 1.74 bits per heavy atom. The summed E-state index contributed by atoms with van der Waals surface area (Å²) < 4.78 is 17.0. The maximum absolute atomic E-state index is 12.4. The Morgan fingerprint density at radius 1 is 1.00 bits per heavy atom. The average molecular weight is 367 g/mol. The van der Waals surface area contributed by atoms with Crippen molar-refractivity contribution in [2.45, 2.75) is 19.4 Å². The van der Waals surface area contributed by atoms with Crippen LogP contribution >= 0.6 is 0 Å². The van der Waals surface area contributed by atoms with E-state index in [0.29, 0.717) is 12.4 Å². The van der Waals surface area contributed by atoms with E-state index in [1.807, 2.05) is 59.5 Å². The minimum absolute atomic E-state index is 0.0446. The summed E-state index contributed by atoms with van der Waals surface area (Å²) in [7, 11) is 0. The Hall–Kier alpha value is -2.53. The predicted molar refractivity (Wildman–Crippen MR) is 102 cm³/mol. The molecular formula is C22H25NO4. The van der Waals surface area contributed by atoms with Crippen LogP contribution in [-0.2, 0) is 16.1 Å². The second kappa shape index (κ2) is 8.01. The van der Waals surface area contributed by atoms with Crippen molar-refractivity contribution in [2.24, 2.45) is 5.41 Å². The van der Waals surface area contributed by atoms with Crippen LogP contribution in [0.5, 0.6) is 11.5 Å². The molecule has 5 heteroatoms. The lowest BCUT2D eigenvalue weighted by Crippen LogP contribution is -2.35. The molecule has 1 atom stereocenters. The molecular weight excluding hydrogens is 342 g/mol. The average Bonchev–Trinajstić information content (AvgIpc) is 3.36. The first-order valence-electron chi connectivity index (χ1n) is 9.48. The summed E-state index contributed by atoms with van der Waals surface area (Å²) in [6, 6.07) is 17.4. The third-order valence-electron chi connectivity index (χ3n) is 5.41. The van der Waals surface area contributed by atoms with Gasteiger partial charge >= 0.3 is 0 Å². The van der Waals surface area contributed by atoms with E-state index in [4.69, 9.17) is 14.2 Å². The Balaban J connectivity index is 1.23. The van der Waals surface area contributed by atoms with Gasteiger partial charge in [0.15, 0.2) is 6.61 Å². The summed E-state index contributed by atoms with van der Waals surface area (Å²) >= 11 is 0. The van der Waals surface area contributed by atoms with E-state index in [0.717, 1.165) is 50.5 Å². The van der Waals surface area contributed by atoms with Crippen molar-refractivity contribution in [2.75, 3.05) is 32.9 Å². The van der Waals surface area contributed by atoms with Crippen molar-refractivity contribution in [3.63, 3.8) is 0 Å². The Morgan fingerprint density at radius 3 is 2.44 bits per heavy atom. The molecule has 4 rings (SSSR count). The lowest BCUT2D eigenvalue weighted by molar-refractivity contribution is -0.132. The highest BCUT2D eigenvalue weighted by Crippen LogP contribution is 2.38. The molecule has 2 heterocycles. The van der Waals surface area contributed by atoms with Crippen LogP contribution in [0.25, 0.3) is 0 Å². The lowest BCUT2D eigenvalue weighted by Gasteiger charge is -2.22. The van der Waals surface area contributed by atoms with Gasteiger partial charge in [-0.25, -0.2) is 0 Å². The van der Waals surface area contributed by atoms with E-state index in [1.54, 1.807) is 0 Å². The van der Waals surface area contributed by atoms with Gasteiger partial charge in [-0.3, -0.25) is 4.79 Å². The van der Waals surface area contributed by atoms with Crippen molar-refractivity contribution >= 4 is 5.91 Å². The number of carbonyl (C=O) groups is 1. The zero-order chi connectivity index (χ0) is 18.5. The molecule has 0 aliphatic carbocycles. The van der Waals surface area contributed by atoms with Crippen LogP contribution in [0.3, 0.4) is 0 Å². The molecule has 0 unspecified atom stereocenters. The van der Waals surface area contributed by atoms with Gasteiger partial charge in [-0.1, -0.05) is 30.3 Å². The Bertz CT molecular complexity index is 754. The molecule has 0 N–H and O–H groups in total. The number of nitrogens with zero attached hydrogens (tertiary/aromatic N) is 1. The topological polar surface area (TPSA) is 48.0 Å². The van der Waals surface area contributed by atoms with Gasteiger partial charge in [0.25, 0.3) is 5.91 Å². The standard InChI is InChI=1S/C22H25NO4/c24-21(23-12-10-22(16-23)11-13-25-17-22)15-27-20-8-6-19(7-9-20)26-14-18-4-2-1-3-5-18/h1-9H,10-17H2/t22-/m0/s1. The number of benzene rings is 2. The fourth-order valence-corrected chi connectivity index (χ4v) is 3.73. The molecule has 0 saturated carbocycles. The highest BCUT2D eigenvalue weighted by molar-refractivity contribution is 5.78. The number of likely N-dealkylation sites (tertiary alicyclic amines) is 1. The molecule has 27 heavy (non-hydrogen) atoms. The second-order valence-electron chi connectivity index (χ2n) is 7.40. The van der Waals surface area contributed by atoms with E-state index in [2.05, 4.69) is 0 Å². The molecule has 5 nitrogen and oxygen atoms in total. The summed E-state index contributed by atoms with van der Waals surface area (Å²) in [6.07, 6.45) is 2.09. The molecule has 0 bridgehead atoms. The second-order valence-corrected chi connectivity index (χ2v) is 7.40. The van der Waals surface area contributed by atoms with Crippen molar-refractivity contribution in [3.05, 3.63) is 60.2 Å². The Labute approximate surface area is 159 Å². The summed E-state index contributed by atoms with van der Waals surface area (Å²) in [6.45, 7) is 3.79. The fourth-order valence-electron chi connectivity index (χ4n) is 3.73. The van der Waals surface area contributed by atoms with Crippen LogP contribution in [-0.4, -0.2) is 43.7 Å². The number of hydrogen-bond acceptors (Lipinski definition) is 4. The smallest absolute Gasteiger partial charge is 0.260 e. The molecule has 2 aromatic carbocycles. The van der Waals surface area contributed by atoms with E-state index in [1.165, 1.54) is 0 Å². The summed E-state index contributed by atoms with van der Waals surface area (Å²) in [5.41, 5.74) is 1.31. The largest absolute Gasteiger partial charge is 0.489 e. The van der Waals surface area contributed by atoms with Gasteiger partial charge in [0.05, 0.1) is 6.61 Å². The van der Waals surface area contributed by atoms with Crippen molar-refractivity contribution in [1.29, 1.82) is 0 Å². The normalized spacial score (nSPS) is 21.6. The van der Waals surface area contributed by atoms with Crippen LogP contribution in [0, 0.1) is 5.41 Å². The highest BCUT2D eigenvalue weighted by atomic mass is 16.5. The first-order valence-corrected chi connectivity index (χ1v) is 9.48. The first kappa shape index (κ1) is 17.9. The Kier molecular flexibility index (Phi) is 5.30. The third kappa shape index (κ3) is 4.42. The van der Waals surface area contributed by atoms with Crippen LogP contribution in [0.2, 0.25) is 0 Å². The molecule has 2 fully saturated rings. The third-order valence-corrected chi connectivity index (χ3v) is 5.41. The number of amides is 1. The minimum Gasteiger partial charge on any atom is -0.489 e. The van der Waals surface area contributed by atoms with Gasteiger partial charge < -0.3 is 19.1 Å². The van der Waals surface area contributed by atoms with Crippen LogP contribution < -0.4 is 9.47 Å². The SMILES string of the molecule is O=C(COc1ccc(OCc2ccccc2)cc1)N1CC[C@]2(CCOC2)C1. The molecule has 2 aliphatic heterocycles. The number of carbonyl (C=O) groups excluding carboxylic acids is 1. The van der Waals surface area contributed by atoms with E-state index in [9.17, 15) is 4.79 Å². The maximum Gasteiger partial charge on any atom is 0.260 e. The van der Waals surface area contributed by atoms with E-state index < -0.39 is 0 Å². The molecule has 1 spiro atoms. The summed E-state index contributed by atoms with van der Waals surface area (Å²) in [5.74, 6) is 1.50. The molecule has 2 aliphatic rings. The molecule has 0 aromatic heterocycles. The quantitative estimate of drug-likeness (QED) is 0.786. The van der Waals surface area contributed by atoms with Gasteiger partial charge in [-0.15, -0.1) is 0 Å². The fraction of sp³-hybridized carbons (Fsp3) is 0.409. The maximum atomic E-state index is 12.4. The van der Waals surface area contributed by atoms with E-state index in [-0.39, 0.29) is 17.9 Å². The molecule has 2 aromatic rings. The highest BCUT2D eigenvalue weighted by Gasteiger charge is 2.42. The van der Waals surface area contributed by atoms with Crippen molar-refractivity contribution < 1.29 is 19.0 Å². The summed E-state index contributed by atoms with van der Waals surface area (Å²) in [4.78, 5) is 14.3. The van der Waals surface area contributed by atoms with Gasteiger partial charge in [0, 0.05) is 25.1 Å². The first-order chi connectivity index (χ1) is 13.2. The predicted octanol–water partition coefficient (Wildman–Crippen LogP) is 3.28. The molecule has 0 radical (unpaired) electrons. The monoisotopic (exact) mass is 367 g/mol. The number of hydrogen-bond donors (Lipinski definition) is 0. The number of rotatable bonds is 6. The minimum atomic E-state index is 0.0446. The van der Waals surface area contributed by atoms with Crippen molar-refractivity contribution in [3.8, 4) is 11.5 Å². The zero-order valence-corrected chi connectivity index (χ0v) is 15.4. The van der Waals surface area contributed by atoms with Crippen LogP contribution in [0.15, 0.2) is 54.6 Å². The molecule has 2 saturated heterocycles. The van der Waals surface area contributed by atoms with Crippen LogP contribution in [0.4, 0.5) is 0 Å². The van der Waals surface area contributed by atoms with Crippen LogP contribution in [0.1, 0.15) is 18.4 Å².